The lowest BCUT2D eigenvalue weighted by molar-refractivity contribution is -0.111. The normalized spacial score (nSPS) is 11.8. The summed E-state index contributed by atoms with van der Waals surface area (Å²) in [6.07, 6.45) is 3.41. The lowest BCUT2D eigenvalue weighted by Gasteiger charge is -2.30. The molecule has 3 aromatic rings. The number of rotatable bonds is 10. The third-order valence-corrected chi connectivity index (χ3v) is 6.27. The summed E-state index contributed by atoms with van der Waals surface area (Å²) in [5.74, 6) is 1.07. The molecule has 1 heterocycles. The molecule has 32 heavy (non-hydrogen) atoms. The summed E-state index contributed by atoms with van der Waals surface area (Å²) >= 11 is 1.67. The predicted octanol–water partition coefficient (Wildman–Crippen LogP) is 6.06. The number of methoxy groups -OCH3 is 1. The number of carbonyl (C=O) groups excluding carboxylic acids is 1. The third kappa shape index (κ3) is 6.11. The van der Waals surface area contributed by atoms with Crippen molar-refractivity contribution < 1.29 is 14.3 Å². The number of anilines is 1. The minimum atomic E-state index is -0.192. The molecule has 0 aliphatic carbocycles. The number of hydrogen-bond donors (Lipinski definition) is 1. The quantitative estimate of drug-likeness (QED) is 0.380. The van der Waals surface area contributed by atoms with Crippen molar-refractivity contribution in [3.63, 3.8) is 0 Å². The van der Waals surface area contributed by atoms with E-state index in [0.717, 1.165) is 17.5 Å². The number of fused-ring (bicyclic) bond motifs is 1. The van der Waals surface area contributed by atoms with Crippen molar-refractivity contribution >= 4 is 39.1 Å². The first-order valence-electron chi connectivity index (χ1n) is 10.9. The number of carbonyl (C=O) groups is 1. The maximum atomic E-state index is 12.5. The molecule has 3 rings (SSSR count). The Morgan fingerprint density at radius 3 is 2.56 bits per heavy atom. The molecule has 1 N–H and O–H groups in total. The van der Waals surface area contributed by atoms with E-state index in [0.29, 0.717) is 35.9 Å². The van der Waals surface area contributed by atoms with E-state index in [9.17, 15) is 4.79 Å². The number of hydrogen-bond acceptors (Lipinski definition) is 5. The number of ether oxygens (including phenoxy) is 2. The summed E-state index contributed by atoms with van der Waals surface area (Å²) in [5.41, 5.74) is 1.70. The minimum absolute atomic E-state index is 0.192. The van der Waals surface area contributed by atoms with Crippen LogP contribution in [0.1, 0.15) is 33.3 Å². The highest BCUT2D eigenvalue weighted by Crippen LogP contribution is 2.30. The van der Waals surface area contributed by atoms with Crippen LogP contribution in [0.2, 0.25) is 0 Å². The summed E-state index contributed by atoms with van der Waals surface area (Å²) in [6.45, 7) is 10.1. The fourth-order valence-electron chi connectivity index (χ4n) is 3.72. The average Bonchev–Trinajstić information content (AvgIpc) is 3.18. The predicted molar refractivity (Wildman–Crippen MR) is 135 cm³/mol. The Morgan fingerprint density at radius 2 is 1.84 bits per heavy atom. The van der Waals surface area contributed by atoms with Crippen LogP contribution in [-0.2, 0) is 4.79 Å². The highest BCUT2D eigenvalue weighted by Gasteiger charge is 2.14. The van der Waals surface area contributed by atoms with Gasteiger partial charge in [0.05, 0.1) is 7.11 Å². The largest absolute Gasteiger partial charge is 0.493 e. The Bertz CT molecular complexity index is 1060. The van der Waals surface area contributed by atoms with Crippen LogP contribution >= 0.6 is 11.3 Å². The molecule has 0 saturated carbocycles. The van der Waals surface area contributed by atoms with Crippen molar-refractivity contribution in [2.45, 2.75) is 39.8 Å². The van der Waals surface area contributed by atoms with Crippen molar-refractivity contribution in [3.8, 4) is 11.5 Å². The molecule has 0 bridgehead atoms. The van der Waals surface area contributed by atoms with Gasteiger partial charge in [-0.25, -0.2) is 0 Å². The molecule has 5 nitrogen and oxygen atoms in total. The smallest absolute Gasteiger partial charge is 0.248 e. The second-order valence-electron chi connectivity index (χ2n) is 8.15. The molecule has 0 fully saturated rings. The second-order valence-corrected chi connectivity index (χ2v) is 9.06. The van der Waals surface area contributed by atoms with Gasteiger partial charge >= 0.3 is 0 Å². The van der Waals surface area contributed by atoms with Crippen LogP contribution in [0.5, 0.6) is 11.5 Å². The van der Waals surface area contributed by atoms with Crippen LogP contribution in [0.15, 0.2) is 53.9 Å². The van der Waals surface area contributed by atoms with E-state index in [2.05, 4.69) is 55.4 Å². The van der Waals surface area contributed by atoms with Crippen LogP contribution in [-0.4, -0.2) is 43.2 Å². The minimum Gasteiger partial charge on any atom is -0.493 e. The number of benzene rings is 2. The molecule has 0 radical (unpaired) electrons. The zero-order valence-corrected chi connectivity index (χ0v) is 20.2. The van der Waals surface area contributed by atoms with Gasteiger partial charge < -0.3 is 14.8 Å². The van der Waals surface area contributed by atoms with Gasteiger partial charge in [0, 0.05) is 41.2 Å². The first-order valence-corrected chi connectivity index (χ1v) is 11.8. The van der Waals surface area contributed by atoms with Gasteiger partial charge in [-0.3, -0.25) is 9.69 Å². The number of nitrogens with zero attached hydrogens (tertiary/aromatic N) is 1. The molecule has 0 atom stereocenters. The first kappa shape index (κ1) is 23.8. The van der Waals surface area contributed by atoms with E-state index in [4.69, 9.17) is 9.47 Å². The van der Waals surface area contributed by atoms with E-state index in [1.807, 2.05) is 30.3 Å². The highest BCUT2D eigenvalue weighted by atomic mass is 32.1. The van der Waals surface area contributed by atoms with Gasteiger partial charge in [-0.05, 0) is 68.3 Å². The molecule has 1 aromatic heterocycles. The first-order chi connectivity index (χ1) is 15.4. The zero-order chi connectivity index (χ0) is 23.1. The van der Waals surface area contributed by atoms with Crippen molar-refractivity contribution in [1.82, 2.24) is 4.90 Å². The van der Waals surface area contributed by atoms with Crippen molar-refractivity contribution in [1.29, 1.82) is 0 Å². The van der Waals surface area contributed by atoms with Gasteiger partial charge in [0.15, 0.2) is 11.5 Å². The van der Waals surface area contributed by atoms with Gasteiger partial charge in [-0.15, -0.1) is 11.3 Å². The number of amides is 1. The van der Waals surface area contributed by atoms with Crippen LogP contribution in [0, 0.1) is 0 Å². The number of thiophene rings is 1. The van der Waals surface area contributed by atoms with Gasteiger partial charge in [0.1, 0.15) is 6.61 Å². The van der Waals surface area contributed by atoms with Gasteiger partial charge in [-0.2, -0.15) is 0 Å². The standard InChI is InChI=1S/C26H32N2O3S/c1-18(2)28(19(3)4)14-15-31-24-16-21(11-12-23(24)30-5)27-26(29)13-10-20-17-32-25-9-7-6-8-22(20)25/h6-13,16-19H,14-15H2,1-5H3,(H,27,29)/b13-10+. The van der Waals surface area contributed by atoms with E-state index in [1.165, 1.54) is 4.70 Å². The summed E-state index contributed by atoms with van der Waals surface area (Å²) in [7, 11) is 1.61. The summed E-state index contributed by atoms with van der Waals surface area (Å²) < 4.78 is 12.7. The molecule has 0 aliphatic heterocycles. The Balaban J connectivity index is 1.64. The van der Waals surface area contributed by atoms with Gasteiger partial charge in [0.2, 0.25) is 5.91 Å². The Hall–Kier alpha value is -2.83. The topological polar surface area (TPSA) is 50.8 Å². The van der Waals surface area contributed by atoms with Gasteiger partial charge in [-0.1, -0.05) is 18.2 Å². The maximum Gasteiger partial charge on any atom is 0.248 e. The van der Waals surface area contributed by atoms with E-state index in [1.54, 1.807) is 30.6 Å². The van der Waals surface area contributed by atoms with Crippen LogP contribution < -0.4 is 14.8 Å². The van der Waals surface area contributed by atoms with Crippen LogP contribution in [0.3, 0.4) is 0 Å². The molecular weight excluding hydrogens is 420 g/mol. The molecule has 2 aromatic carbocycles. The molecule has 0 unspecified atom stereocenters. The Kier molecular flexibility index (Phi) is 8.31. The fraction of sp³-hybridized carbons (Fsp3) is 0.346. The molecule has 0 spiro atoms. The zero-order valence-electron chi connectivity index (χ0n) is 19.4. The molecule has 170 valence electrons. The van der Waals surface area contributed by atoms with Crippen LogP contribution in [0.4, 0.5) is 5.69 Å². The highest BCUT2D eigenvalue weighted by molar-refractivity contribution is 7.17. The van der Waals surface area contributed by atoms with E-state index in [-0.39, 0.29) is 5.91 Å². The molecule has 6 heteroatoms. The molecule has 1 amide bonds. The monoisotopic (exact) mass is 452 g/mol. The molecular formula is C26H32N2O3S. The SMILES string of the molecule is COc1ccc(NC(=O)/C=C/c2csc3ccccc23)cc1OCCN(C(C)C)C(C)C. The fourth-order valence-corrected chi connectivity index (χ4v) is 4.65. The van der Waals surface area contributed by atoms with Crippen LogP contribution in [0.25, 0.3) is 16.2 Å². The summed E-state index contributed by atoms with van der Waals surface area (Å²) in [6, 6.07) is 14.5. The summed E-state index contributed by atoms with van der Waals surface area (Å²) in [4.78, 5) is 14.9. The van der Waals surface area contributed by atoms with Gasteiger partial charge in [0.25, 0.3) is 0 Å². The second kappa shape index (κ2) is 11.2. The summed E-state index contributed by atoms with van der Waals surface area (Å²) in [5, 5.41) is 6.12. The lowest BCUT2D eigenvalue weighted by Crippen LogP contribution is -2.39. The van der Waals surface area contributed by atoms with Crippen molar-refractivity contribution in [2.24, 2.45) is 0 Å². The lowest BCUT2D eigenvalue weighted by atomic mass is 10.1. The van der Waals surface area contributed by atoms with Crippen molar-refractivity contribution in [2.75, 3.05) is 25.6 Å². The third-order valence-electron chi connectivity index (χ3n) is 5.29. The Labute approximate surface area is 194 Å². The van der Waals surface area contributed by atoms with E-state index < -0.39 is 0 Å². The number of nitrogens with one attached hydrogen (secondary N) is 1. The van der Waals surface area contributed by atoms with E-state index >= 15 is 0 Å². The Morgan fingerprint density at radius 1 is 1.09 bits per heavy atom. The maximum absolute atomic E-state index is 12.5. The average molecular weight is 453 g/mol. The molecule has 0 saturated heterocycles. The van der Waals surface area contributed by atoms with Crippen molar-refractivity contribution in [3.05, 3.63) is 59.5 Å². The molecule has 0 aliphatic rings.